The molecule has 0 aliphatic rings. The van der Waals surface area contributed by atoms with E-state index in [9.17, 15) is 29.4 Å². The Hall–Kier alpha value is -4.63. The second kappa shape index (κ2) is 11.2. The lowest BCUT2D eigenvalue weighted by atomic mass is 9.98. The van der Waals surface area contributed by atoms with E-state index in [0.29, 0.717) is 22.1 Å². The molecule has 4 aromatic rings. The molecule has 0 saturated heterocycles. The van der Waals surface area contributed by atoms with E-state index in [4.69, 9.17) is 0 Å². The van der Waals surface area contributed by atoms with Crippen LogP contribution in [0, 0.1) is 6.92 Å². The minimum Gasteiger partial charge on any atom is -0.478 e. The number of carboxylic acids is 2. The first kappa shape index (κ1) is 26.4. The Bertz CT molecular complexity index is 1560. The zero-order chi connectivity index (χ0) is 27.4. The molecule has 2 amide bonds. The molecule has 4 aromatic carbocycles. The Labute approximate surface area is 222 Å². The van der Waals surface area contributed by atoms with E-state index in [2.05, 4.69) is 10.6 Å². The van der Waals surface area contributed by atoms with Gasteiger partial charge in [-0.1, -0.05) is 30.3 Å². The number of anilines is 2. The Kier molecular flexibility index (Phi) is 7.78. The average molecular weight is 529 g/mol. The van der Waals surface area contributed by atoms with E-state index in [1.165, 1.54) is 30.0 Å². The van der Waals surface area contributed by atoms with E-state index >= 15 is 0 Å². The fraction of sp³-hybridized carbons (Fsp3) is 0.103. The molecule has 4 rings (SSSR count). The molecule has 9 heteroatoms. The fourth-order valence-electron chi connectivity index (χ4n) is 3.91. The molecular formula is C29H24N2O6S. The number of amides is 2. The number of carbonyl (C=O) groups is 4. The largest absolute Gasteiger partial charge is 0.478 e. The highest BCUT2D eigenvalue weighted by atomic mass is 32.2. The summed E-state index contributed by atoms with van der Waals surface area (Å²) in [4.78, 5) is 49.5. The van der Waals surface area contributed by atoms with E-state index in [-0.39, 0.29) is 22.6 Å². The third kappa shape index (κ3) is 5.84. The number of rotatable bonds is 8. The summed E-state index contributed by atoms with van der Waals surface area (Å²) >= 11 is 1.31. The van der Waals surface area contributed by atoms with Crippen molar-refractivity contribution in [3.63, 3.8) is 0 Å². The smallest absolute Gasteiger partial charge is 0.336 e. The molecule has 0 heterocycles. The summed E-state index contributed by atoms with van der Waals surface area (Å²) in [5.41, 5.74) is 2.11. The predicted molar refractivity (Wildman–Crippen MR) is 147 cm³/mol. The summed E-state index contributed by atoms with van der Waals surface area (Å²) in [6.07, 6.45) is 0. The van der Waals surface area contributed by atoms with Crippen LogP contribution in [-0.2, 0) is 4.79 Å². The number of fused-ring (bicyclic) bond motifs is 1. The van der Waals surface area contributed by atoms with E-state index < -0.39 is 23.1 Å². The van der Waals surface area contributed by atoms with Crippen LogP contribution in [0.25, 0.3) is 10.8 Å². The van der Waals surface area contributed by atoms with Crippen LogP contribution in [0.2, 0.25) is 0 Å². The standard InChI is InChI=1S/C29H24N2O6S/c1-16-9-10-19(28(34)35)15-24(16)31-26(32)17(2)38-21-13-11-20(12-14-21)30-27(33)22-7-3-5-18-6-4-8-23(25(18)22)29(36)37/h3-15,17H,1-2H3,(H,30,33)(H,31,32)(H,34,35)(H,36,37). The van der Waals surface area contributed by atoms with Gasteiger partial charge in [0.15, 0.2) is 0 Å². The monoisotopic (exact) mass is 528 g/mol. The topological polar surface area (TPSA) is 133 Å². The van der Waals surface area contributed by atoms with Crippen LogP contribution in [0.3, 0.4) is 0 Å². The highest BCUT2D eigenvalue weighted by molar-refractivity contribution is 8.00. The molecule has 0 spiro atoms. The highest BCUT2D eigenvalue weighted by Crippen LogP contribution is 2.28. The molecule has 0 aliphatic carbocycles. The molecule has 8 nitrogen and oxygen atoms in total. The van der Waals surface area contributed by atoms with Crippen LogP contribution in [0.1, 0.15) is 43.6 Å². The molecular weight excluding hydrogens is 504 g/mol. The molecule has 0 aromatic heterocycles. The van der Waals surface area contributed by atoms with Gasteiger partial charge in [0.1, 0.15) is 0 Å². The van der Waals surface area contributed by atoms with Crippen molar-refractivity contribution in [2.45, 2.75) is 24.0 Å². The molecule has 4 N–H and O–H groups in total. The van der Waals surface area contributed by atoms with Gasteiger partial charge in [0.2, 0.25) is 5.91 Å². The van der Waals surface area contributed by atoms with E-state index in [0.717, 1.165) is 10.5 Å². The lowest BCUT2D eigenvalue weighted by molar-refractivity contribution is -0.115. The van der Waals surface area contributed by atoms with Gasteiger partial charge in [-0.05, 0) is 73.3 Å². The summed E-state index contributed by atoms with van der Waals surface area (Å²) in [5, 5.41) is 24.9. The van der Waals surface area contributed by atoms with Gasteiger partial charge in [-0.25, -0.2) is 9.59 Å². The lowest BCUT2D eigenvalue weighted by Crippen LogP contribution is -2.23. The van der Waals surface area contributed by atoms with Crippen LogP contribution in [0.5, 0.6) is 0 Å². The molecule has 1 atom stereocenters. The summed E-state index contributed by atoms with van der Waals surface area (Å²) in [7, 11) is 0. The lowest BCUT2D eigenvalue weighted by Gasteiger charge is -2.14. The van der Waals surface area contributed by atoms with Gasteiger partial charge in [0.05, 0.1) is 16.4 Å². The maximum absolute atomic E-state index is 13.0. The molecule has 0 saturated carbocycles. The number of carboxylic acid groups (broad SMARTS) is 2. The van der Waals surface area contributed by atoms with Gasteiger partial charge in [-0.15, -0.1) is 11.8 Å². The van der Waals surface area contributed by atoms with Crippen LogP contribution in [0.15, 0.2) is 83.8 Å². The summed E-state index contributed by atoms with van der Waals surface area (Å²) in [5.74, 6) is -2.89. The normalized spacial score (nSPS) is 11.5. The van der Waals surface area contributed by atoms with Crippen LogP contribution >= 0.6 is 11.8 Å². The zero-order valence-electron chi connectivity index (χ0n) is 20.5. The Morgan fingerprint density at radius 2 is 1.45 bits per heavy atom. The average Bonchev–Trinajstić information content (AvgIpc) is 2.89. The van der Waals surface area contributed by atoms with Crippen molar-refractivity contribution in [2.24, 2.45) is 0 Å². The first-order valence-corrected chi connectivity index (χ1v) is 12.5. The number of hydrogen-bond donors (Lipinski definition) is 4. The number of benzene rings is 4. The second-order valence-corrected chi connectivity index (χ2v) is 9.99. The third-order valence-corrected chi connectivity index (χ3v) is 7.03. The van der Waals surface area contributed by atoms with Gasteiger partial charge >= 0.3 is 11.9 Å². The first-order valence-electron chi connectivity index (χ1n) is 11.6. The zero-order valence-corrected chi connectivity index (χ0v) is 21.3. The fourth-order valence-corrected chi connectivity index (χ4v) is 4.77. The van der Waals surface area contributed by atoms with Crippen LogP contribution in [0.4, 0.5) is 11.4 Å². The summed E-state index contributed by atoms with van der Waals surface area (Å²) in [6, 6.07) is 21.4. The maximum Gasteiger partial charge on any atom is 0.336 e. The van der Waals surface area contributed by atoms with E-state index in [1.807, 2.05) is 0 Å². The SMILES string of the molecule is Cc1ccc(C(=O)O)cc1NC(=O)C(C)Sc1ccc(NC(=O)c2cccc3cccc(C(=O)O)c23)cc1. The van der Waals surface area contributed by atoms with Crippen molar-refractivity contribution < 1.29 is 29.4 Å². The summed E-state index contributed by atoms with van der Waals surface area (Å²) in [6.45, 7) is 3.53. The summed E-state index contributed by atoms with van der Waals surface area (Å²) < 4.78 is 0. The van der Waals surface area contributed by atoms with Crippen molar-refractivity contribution in [3.8, 4) is 0 Å². The molecule has 0 aliphatic heterocycles. The Morgan fingerprint density at radius 3 is 2.08 bits per heavy atom. The van der Waals surface area contributed by atoms with Crippen molar-refractivity contribution in [2.75, 3.05) is 10.6 Å². The van der Waals surface area contributed by atoms with Crippen molar-refractivity contribution in [3.05, 3.63) is 101 Å². The van der Waals surface area contributed by atoms with Crippen LogP contribution in [-0.4, -0.2) is 39.2 Å². The van der Waals surface area contributed by atoms with Gasteiger partial charge in [0.25, 0.3) is 5.91 Å². The number of nitrogens with one attached hydrogen (secondary N) is 2. The van der Waals surface area contributed by atoms with Gasteiger partial charge in [-0.3, -0.25) is 9.59 Å². The van der Waals surface area contributed by atoms with Crippen molar-refractivity contribution >= 4 is 57.7 Å². The number of hydrogen-bond acceptors (Lipinski definition) is 5. The third-order valence-electron chi connectivity index (χ3n) is 5.92. The second-order valence-electron chi connectivity index (χ2n) is 8.58. The number of aromatic carboxylic acids is 2. The van der Waals surface area contributed by atoms with Crippen LogP contribution < -0.4 is 10.6 Å². The van der Waals surface area contributed by atoms with Gasteiger partial charge in [-0.2, -0.15) is 0 Å². The minimum absolute atomic E-state index is 0.0529. The predicted octanol–water partition coefficient (Wildman–Crippen LogP) is 5.92. The maximum atomic E-state index is 13.0. The quantitative estimate of drug-likeness (QED) is 0.209. The minimum atomic E-state index is -1.11. The molecule has 1 unspecified atom stereocenters. The number of thioether (sulfide) groups is 1. The van der Waals surface area contributed by atoms with Gasteiger partial charge < -0.3 is 20.8 Å². The molecule has 0 radical (unpaired) electrons. The molecule has 0 fully saturated rings. The van der Waals surface area contributed by atoms with Gasteiger partial charge in [0, 0.05) is 27.2 Å². The number of aryl methyl sites for hydroxylation is 1. The highest BCUT2D eigenvalue weighted by Gasteiger charge is 2.18. The van der Waals surface area contributed by atoms with Crippen molar-refractivity contribution in [1.29, 1.82) is 0 Å². The molecule has 0 bridgehead atoms. The van der Waals surface area contributed by atoms with E-state index in [1.54, 1.807) is 74.5 Å². The van der Waals surface area contributed by atoms with Crippen molar-refractivity contribution in [1.82, 2.24) is 0 Å². The first-order chi connectivity index (χ1) is 18.1. The Balaban J connectivity index is 1.44. The Morgan fingerprint density at radius 1 is 0.789 bits per heavy atom. The molecule has 38 heavy (non-hydrogen) atoms. The molecule has 192 valence electrons. The number of carbonyl (C=O) groups excluding carboxylic acids is 2.